The predicted molar refractivity (Wildman–Crippen MR) is 93.2 cm³/mol. The van der Waals surface area contributed by atoms with Gasteiger partial charge in [-0.15, -0.1) is 0 Å². The maximum atomic E-state index is 12.3. The molecular weight excluding hydrogens is 344 g/mol. The van der Waals surface area contributed by atoms with Crippen molar-refractivity contribution in [2.45, 2.75) is 12.8 Å². The van der Waals surface area contributed by atoms with Crippen molar-refractivity contribution in [1.29, 1.82) is 0 Å². The normalized spacial score (nSPS) is 15.5. The minimum atomic E-state index is 0.0925. The van der Waals surface area contributed by atoms with E-state index >= 15 is 0 Å². The molecule has 0 spiro atoms. The van der Waals surface area contributed by atoms with Gasteiger partial charge < -0.3 is 14.5 Å². The van der Waals surface area contributed by atoms with Gasteiger partial charge in [-0.1, -0.05) is 16.8 Å². The Morgan fingerprint density at radius 1 is 1.20 bits per heavy atom. The van der Waals surface area contributed by atoms with Crippen LogP contribution in [0.1, 0.15) is 12.3 Å². The summed E-state index contributed by atoms with van der Waals surface area (Å²) in [6, 6.07) is 7.20. The lowest BCUT2D eigenvalue weighted by Crippen LogP contribution is -2.49. The van der Waals surface area contributed by atoms with Crippen LogP contribution in [0.2, 0.25) is 5.02 Å². The van der Waals surface area contributed by atoms with Gasteiger partial charge >= 0.3 is 0 Å². The third-order valence-corrected chi connectivity index (χ3v) is 4.52. The monoisotopic (exact) mass is 364 g/mol. The first kappa shape index (κ1) is 17.8. The summed E-state index contributed by atoms with van der Waals surface area (Å²) < 4.78 is 5.24. The number of nitrogens with zero attached hydrogens (tertiary/aromatic N) is 4. The Balaban J connectivity index is 1.49. The molecule has 25 heavy (non-hydrogen) atoms. The van der Waals surface area contributed by atoms with Gasteiger partial charge in [0.2, 0.25) is 17.6 Å². The Morgan fingerprint density at radius 2 is 1.92 bits per heavy atom. The molecule has 1 fully saturated rings. The van der Waals surface area contributed by atoms with Gasteiger partial charge in [-0.25, -0.2) is 0 Å². The van der Waals surface area contributed by atoms with Crippen molar-refractivity contribution in [3.8, 4) is 11.4 Å². The fraction of sp³-hybridized carbons (Fsp3) is 0.471. The van der Waals surface area contributed by atoms with E-state index in [0.29, 0.717) is 49.2 Å². The fourth-order valence-electron chi connectivity index (χ4n) is 2.81. The van der Waals surface area contributed by atoms with Gasteiger partial charge in [0, 0.05) is 56.2 Å². The molecule has 1 aliphatic heterocycles. The van der Waals surface area contributed by atoms with Crippen molar-refractivity contribution in [3.05, 3.63) is 35.2 Å². The number of carbonyl (C=O) groups is 1. The van der Waals surface area contributed by atoms with Crippen LogP contribution in [-0.2, 0) is 11.2 Å². The SMILES string of the molecule is O=C(CCc1nc(-c2ccc(Cl)cc2)no1)N1CCN(CCO)CC1. The van der Waals surface area contributed by atoms with Crippen LogP contribution in [-0.4, -0.2) is 70.3 Å². The van der Waals surface area contributed by atoms with E-state index in [0.717, 1.165) is 18.7 Å². The van der Waals surface area contributed by atoms with E-state index in [1.165, 1.54) is 0 Å². The fourth-order valence-corrected chi connectivity index (χ4v) is 2.93. The van der Waals surface area contributed by atoms with Crippen molar-refractivity contribution >= 4 is 17.5 Å². The van der Waals surface area contributed by atoms with Crippen LogP contribution in [0.25, 0.3) is 11.4 Å². The lowest BCUT2D eigenvalue weighted by molar-refractivity contribution is -0.133. The highest BCUT2D eigenvalue weighted by Gasteiger charge is 2.21. The van der Waals surface area contributed by atoms with E-state index in [1.54, 1.807) is 12.1 Å². The first-order chi connectivity index (χ1) is 12.2. The second kappa shape index (κ2) is 8.42. The summed E-state index contributed by atoms with van der Waals surface area (Å²) >= 11 is 5.87. The van der Waals surface area contributed by atoms with Crippen molar-refractivity contribution in [3.63, 3.8) is 0 Å². The average Bonchev–Trinajstić information content (AvgIpc) is 3.10. The molecule has 0 unspecified atom stereocenters. The standard InChI is InChI=1S/C17H21ClN4O3/c18-14-3-1-13(2-4-14)17-19-15(25-20-17)5-6-16(24)22-9-7-21(8-10-22)11-12-23/h1-4,23H,5-12H2. The molecule has 1 aromatic carbocycles. The molecule has 1 saturated heterocycles. The number of β-amino-alcohol motifs (C(OH)–C–C–N with tert-alkyl or cyclic N) is 1. The lowest BCUT2D eigenvalue weighted by Gasteiger charge is -2.34. The molecule has 0 bridgehead atoms. The Bertz CT molecular complexity index is 696. The smallest absolute Gasteiger partial charge is 0.227 e. The summed E-state index contributed by atoms with van der Waals surface area (Å²) in [5, 5.41) is 13.6. The van der Waals surface area contributed by atoms with E-state index < -0.39 is 0 Å². The molecule has 2 aromatic rings. The maximum absolute atomic E-state index is 12.3. The zero-order chi connectivity index (χ0) is 17.6. The number of benzene rings is 1. The first-order valence-corrected chi connectivity index (χ1v) is 8.73. The Hall–Kier alpha value is -1.96. The van der Waals surface area contributed by atoms with Crippen LogP contribution in [0.3, 0.4) is 0 Å². The highest BCUT2D eigenvalue weighted by Crippen LogP contribution is 2.19. The molecule has 8 heteroatoms. The van der Waals surface area contributed by atoms with E-state index in [2.05, 4.69) is 15.0 Å². The average molecular weight is 365 g/mol. The van der Waals surface area contributed by atoms with Gasteiger partial charge in [0.1, 0.15) is 0 Å². The lowest BCUT2D eigenvalue weighted by atomic mass is 10.2. The van der Waals surface area contributed by atoms with Gasteiger partial charge in [0.25, 0.3) is 0 Å². The van der Waals surface area contributed by atoms with E-state index in [1.807, 2.05) is 17.0 Å². The second-order valence-electron chi connectivity index (χ2n) is 5.96. The summed E-state index contributed by atoms with van der Waals surface area (Å²) in [6.07, 6.45) is 0.776. The zero-order valence-electron chi connectivity index (χ0n) is 13.9. The number of rotatable bonds is 6. The molecule has 0 aliphatic carbocycles. The topological polar surface area (TPSA) is 82.7 Å². The largest absolute Gasteiger partial charge is 0.395 e. The Morgan fingerprint density at radius 3 is 2.60 bits per heavy atom. The Kier molecular flexibility index (Phi) is 6.01. The minimum absolute atomic E-state index is 0.0925. The molecule has 2 heterocycles. The van der Waals surface area contributed by atoms with E-state index in [4.69, 9.17) is 21.2 Å². The molecule has 0 atom stereocenters. The molecular formula is C17H21ClN4O3. The highest BCUT2D eigenvalue weighted by molar-refractivity contribution is 6.30. The number of amides is 1. The third-order valence-electron chi connectivity index (χ3n) is 4.26. The second-order valence-corrected chi connectivity index (χ2v) is 6.40. The number of halogens is 1. The third kappa shape index (κ3) is 4.78. The molecule has 134 valence electrons. The molecule has 0 radical (unpaired) electrons. The molecule has 1 aromatic heterocycles. The number of aliphatic hydroxyl groups excluding tert-OH is 1. The minimum Gasteiger partial charge on any atom is -0.395 e. The van der Waals surface area contributed by atoms with Crippen LogP contribution in [0.4, 0.5) is 0 Å². The van der Waals surface area contributed by atoms with Crippen LogP contribution >= 0.6 is 11.6 Å². The summed E-state index contributed by atoms with van der Waals surface area (Å²) in [7, 11) is 0. The molecule has 3 rings (SSSR count). The number of aromatic nitrogens is 2. The summed E-state index contributed by atoms with van der Waals surface area (Å²) in [4.78, 5) is 20.6. The van der Waals surface area contributed by atoms with Gasteiger partial charge in [-0.05, 0) is 24.3 Å². The quantitative estimate of drug-likeness (QED) is 0.835. The summed E-state index contributed by atoms with van der Waals surface area (Å²) in [6.45, 7) is 3.80. The number of aryl methyl sites for hydroxylation is 1. The molecule has 0 saturated carbocycles. The predicted octanol–water partition coefficient (Wildman–Crippen LogP) is 1.46. The van der Waals surface area contributed by atoms with Crippen molar-refractivity contribution in [1.82, 2.24) is 19.9 Å². The number of aliphatic hydroxyl groups is 1. The number of hydrogen-bond donors (Lipinski definition) is 1. The number of carbonyl (C=O) groups excluding carboxylic acids is 1. The van der Waals surface area contributed by atoms with Crippen LogP contribution in [0, 0.1) is 0 Å². The maximum Gasteiger partial charge on any atom is 0.227 e. The van der Waals surface area contributed by atoms with Crippen LogP contribution < -0.4 is 0 Å². The number of piperazine rings is 1. The molecule has 1 aliphatic rings. The molecule has 7 nitrogen and oxygen atoms in total. The summed E-state index contributed by atoms with van der Waals surface area (Å²) in [5.74, 6) is 1.05. The van der Waals surface area contributed by atoms with Crippen LogP contribution in [0.15, 0.2) is 28.8 Å². The van der Waals surface area contributed by atoms with Crippen molar-refractivity contribution in [2.24, 2.45) is 0 Å². The van der Waals surface area contributed by atoms with Gasteiger partial charge in [0.05, 0.1) is 6.61 Å². The summed E-state index contributed by atoms with van der Waals surface area (Å²) in [5.41, 5.74) is 0.825. The van der Waals surface area contributed by atoms with Crippen molar-refractivity contribution in [2.75, 3.05) is 39.3 Å². The first-order valence-electron chi connectivity index (χ1n) is 8.35. The molecule has 1 N–H and O–H groups in total. The van der Waals surface area contributed by atoms with Gasteiger partial charge in [-0.2, -0.15) is 4.98 Å². The number of hydrogen-bond acceptors (Lipinski definition) is 6. The highest BCUT2D eigenvalue weighted by atomic mass is 35.5. The van der Waals surface area contributed by atoms with Crippen LogP contribution in [0.5, 0.6) is 0 Å². The Labute approximate surface area is 151 Å². The van der Waals surface area contributed by atoms with Crippen molar-refractivity contribution < 1.29 is 14.4 Å². The zero-order valence-corrected chi connectivity index (χ0v) is 14.7. The van der Waals surface area contributed by atoms with Gasteiger partial charge in [-0.3, -0.25) is 9.69 Å². The van der Waals surface area contributed by atoms with E-state index in [9.17, 15) is 4.79 Å². The molecule has 1 amide bonds. The van der Waals surface area contributed by atoms with E-state index in [-0.39, 0.29) is 12.5 Å². The van der Waals surface area contributed by atoms with Gasteiger partial charge in [0.15, 0.2) is 0 Å².